The van der Waals surface area contributed by atoms with Gasteiger partial charge in [-0.15, -0.1) is 17.9 Å². The van der Waals surface area contributed by atoms with E-state index in [1.807, 2.05) is 31.3 Å². The highest BCUT2D eigenvalue weighted by Gasteiger charge is 2.09. The van der Waals surface area contributed by atoms with Crippen molar-refractivity contribution in [1.82, 2.24) is 10.3 Å². The molecule has 0 radical (unpaired) electrons. The summed E-state index contributed by atoms with van der Waals surface area (Å²) in [6, 6.07) is 10.7. The molecule has 1 aromatic heterocycles. The molecule has 1 heterocycles. The van der Waals surface area contributed by atoms with E-state index in [0.717, 1.165) is 18.5 Å². The Labute approximate surface area is 112 Å². The van der Waals surface area contributed by atoms with Gasteiger partial charge in [-0.25, -0.2) is 4.98 Å². The summed E-state index contributed by atoms with van der Waals surface area (Å²) < 4.78 is 0. The second kappa shape index (κ2) is 6.47. The fraction of sp³-hybridized carbons (Fsp3) is 0.267. The first kappa shape index (κ1) is 13.0. The van der Waals surface area contributed by atoms with Crippen molar-refractivity contribution >= 4 is 11.3 Å². The van der Waals surface area contributed by atoms with Crippen molar-refractivity contribution in [3.8, 4) is 11.3 Å². The summed E-state index contributed by atoms with van der Waals surface area (Å²) in [5.74, 6) is 0. The number of likely N-dealkylation sites (N-methyl/N-ethyl adjacent to an activating group) is 1. The van der Waals surface area contributed by atoms with Crippen molar-refractivity contribution in [2.45, 2.75) is 18.9 Å². The van der Waals surface area contributed by atoms with Crippen molar-refractivity contribution in [2.75, 3.05) is 7.05 Å². The van der Waals surface area contributed by atoms with Gasteiger partial charge in [-0.3, -0.25) is 0 Å². The number of thiazole rings is 1. The molecule has 0 aliphatic rings. The molecule has 3 heteroatoms. The maximum absolute atomic E-state index is 4.69. The Bertz CT molecular complexity index is 490. The number of nitrogens with one attached hydrogen (secondary N) is 1. The molecule has 1 unspecified atom stereocenters. The first-order chi connectivity index (χ1) is 8.83. The SMILES string of the molecule is C=CCC(Cc1nc(-c2ccccc2)cs1)NC. The third-order valence-corrected chi connectivity index (χ3v) is 3.77. The monoisotopic (exact) mass is 258 g/mol. The molecule has 0 aliphatic carbocycles. The largest absolute Gasteiger partial charge is 0.316 e. The van der Waals surface area contributed by atoms with Gasteiger partial charge in [0.15, 0.2) is 0 Å². The third kappa shape index (κ3) is 3.28. The molecule has 0 saturated heterocycles. The van der Waals surface area contributed by atoms with Gasteiger partial charge in [0.05, 0.1) is 10.7 Å². The van der Waals surface area contributed by atoms with E-state index in [4.69, 9.17) is 4.98 Å². The maximum Gasteiger partial charge on any atom is 0.0948 e. The Morgan fingerprint density at radius 1 is 1.39 bits per heavy atom. The predicted molar refractivity (Wildman–Crippen MR) is 78.9 cm³/mol. The zero-order chi connectivity index (χ0) is 12.8. The van der Waals surface area contributed by atoms with Gasteiger partial charge >= 0.3 is 0 Å². The lowest BCUT2D eigenvalue weighted by Crippen LogP contribution is -2.26. The van der Waals surface area contributed by atoms with Gasteiger partial charge in [0.2, 0.25) is 0 Å². The lowest BCUT2D eigenvalue weighted by molar-refractivity contribution is 0.565. The molecule has 0 spiro atoms. The topological polar surface area (TPSA) is 24.9 Å². The van der Waals surface area contributed by atoms with E-state index < -0.39 is 0 Å². The van der Waals surface area contributed by atoms with Crippen LogP contribution in [0.5, 0.6) is 0 Å². The summed E-state index contributed by atoms with van der Waals surface area (Å²) in [6.45, 7) is 3.79. The molecule has 0 aliphatic heterocycles. The molecule has 94 valence electrons. The van der Waals surface area contributed by atoms with Gasteiger partial charge in [0.1, 0.15) is 0 Å². The molecular formula is C15H18N2S. The lowest BCUT2D eigenvalue weighted by Gasteiger charge is -2.11. The molecule has 1 aromatic carbocycles. The number of aromatic nitrogens is 1. The Morgan fingerprint density at radius 2 is 2.17 bits per heavy atom. The van der Waals surface area contributed by atoms with Crippen LogP contribution in [0.2, 0.25) is 0 Å². The molecule has 1 N–H and O–H groups in total. The predicted octanol–water partition coefficient (Wildman–Crippen LogP) is 3.52. The van der Waals surface area contributed by atoms with E-state index in [0.29, 0.717) is 6.04 Å². The van der Waals surface area contributed by atoms with Crippen molar-refractivity contribution < 1.29 is 0 Å². The number of benzene rings is 1. The van der Waals surface area contributed by atoms with Crippen LogP contribution in [-0.4, -0.2) is 18.1 Å². The smallest absolute Gasteiger partial charge is 0.0948 e. The fourth-order valence-corrected chi connectivity index (χ4v) is 2.75. The highest BCUT2D eigenvalue weighted by molar-refractivity contribution is 7.09. The van der Waals surface area contributed by atoms with Crippen molar-refractivity contribution in [3.63, 3.8) is 0 Å². The Morgan fingerprint density at radius 3 is 2.83 bits per heavy atom. The normalized spacial score (nSPS) is 12.3. The van der Waals surface area contributed by atoms with Gasteiger partial charge in [-0.1, -0.05) is 36.4 Å². The fourth-order valence-electron chi connectivity index (χ4n) is 1.86. The summed E-state index contributed by atoms with van der Waals surface area (Å²) >= 11 is 1.73. The molecule has 18 heavy (non-hydrogen) atoms. The molecular weight excluding hydrogens is 240 g/mol. The van der Waals surface area contributed by atoms with Gasteiger partial charge in [0, 0.05) is 23.4 Å². The Balaban J connectivity index is 2.08. The summed E-state index contributed by atoms with van der Waals surface area (Å²) in [5.41, 5.74) is 2.26. The van der Waals surface area contributed by atoms with Gasteiger partial charge in [-0.2, -0.15) is 0 Å². The quantitative estimate of drug-likeness (QED) is 0.802. The minimum absolute atomic E-state index is 0.428. The second-order valence-corrected chi connectivity index (χ2v) is 5.15. The van der Waals surface area contributed by atoms with E-state index in [-0.39, 0.29) is 0 Å². The van der Waals surface area contributed by atoms with Crippen LogP contribution in [0.4, 0.5) is 0 Å². The van der Waals surface area contributed by atoms with E-state index in [1.165, 1.54) is 10.6 Å². The zero-order valence-electron chi connectivity index (χ0n) is 10.6. The highest BCUT2D eigenvalue weighted by atomic mass is 32.1. The molecule has 0 fully saturated rings. The summed E-state index contributed by atoms with van der Waals surface area (Å²) in [7, 11) is 1.99. The number of hydrogen-bond acceptors (Lipinski definition) is 3. The zero-order valence-corrected chi connectivity index (χ0v) is 11.4. The minimum Gasteiger partial charge on any atom is -0.316 e. The standard InChI is InChI=1S/C15H18N2S/c1-3-7-13(16-2)10-15-17-14(11-18-15)12-8-5-4-6-9-12/h3-6,8-9,11,13,16H,1,7,10H2,2H3. The van der Waals surface area contributed by atoms with Crippen LogP contribution in [-0.2, 0) is 6.42 Å². The van der Waals surface area contributed by atoms with Crippen LogP contribution in [0.15, 0.2) is 48.4 Å². The third-order valence-electron chi connectivity index (χ3n) is 2.90. The molecule has 0 saturated carbocycles. The van der Waals surface area contributed by atoms with E-state index in [1.54, 1.807) is 11.3 Å². The van der Waals surface area contributed by atoms with Crippen LogP contribution >= 0.6 is 11.3 Å². The molecule has 2 aromatic rings. The molecule has 0 bridgehead atoms. The second-order valence-electron chi connectivity index (χ2n) is 4.21. The average molecular weight is 258 g/mol. The van der Waals surface area contributed by atoms with Crippen LogP contribution in [0.3, 0.4) is 0 Å². The van der Waals surface area contributed by atoms with Gasteiger partial charge in [-0.05, 0) is 13.5 Å². The number of hydrogen-bond donors (Lipinski definition) is 1. The van der Waals surface area contributed by atoms with E-state index >= 15 is 0 Å². The maximum atomic E-state index is 4.69. The average Bonchev–Trinajstić information content (AvgIpc) is 2.88. The number of nitrogens with zero attached hydrogens (tertiary/aromatic N) is 1. The lowest BCUT2D eigenvalue weighted by atomic mass is 10.1. The number of rotatable bonds is 6. The Kier molecular flexibility index (Phi) is 4.67. The highest BCUT2D eigenvalue weighted by Crippen LogP contribution is 2.22. The van der Waals surface area contributed by atoms with Gasteiger partial charge < -0.3 is 5.32 Å². The van der Waals surface area contributed by atoms with E-state index in [9.17, 15) is 0 Å². The summed E-state index contributed by atoms with van der Waals surface area (Å²) in [4.78, 5) is 4.69. The van der Waals surface area contributed by atoms with Crippen molar-refractivity contribution in [3.05, 3.63) is 53.4 Å². The summed E-state index contributed by atoms with van der Waals surface area (Å²) in [5, 5.41) is 6.60. The molecule has 2 nitrogen and oxygen atoms in total. The molecule has 0 amide bonds. The molecule has 2 rings (SSSR count). The Hall–Kier alpha value is -1.45. The van der Waals surface area contributed by atoms with E-state index in [2.05, 4.69) is 29.4 Å². The van der Waals surface area contributed by atoms with Crippen LogP contribution in [0, 0.1) is 0 Å². The van der Waals surface area contributed by atoms with Crippen LogP contribution < -0.4 is 5.32 Å². The first-order valence-electron chi connectivity index (χ1n) is 6.11. The van der Waals surface area contributed by atoms with Crippen molar-refractivity contribution in [2.24, 2.45) is 0 Å². The van der Waals surface area contributed by atoms with Crippen molar-refractivity contribution in [1.29, 1.82) is 0 Å². The van der Waals surface area contributed by atoms with Crippen LogP contribution in [0.1, 0.15) is 11.4 Å². The first-order valence-corrected chi connectivity index (χ1v) is 6.99. The van der Waals surface area contributed by atoms with Gasteiger partial charge in [0.25, 0.3) is 0 Å². The minimum atomic E-state index is 0.428. The van der Waals surface area contributed by atoms with Crippen LogP contribution in [0.25, 0.3) is 11.3 Å². The summed E-state index contributed by atoms with van der Waals surface area (Å²) in [6.07, 6.45) is 3.88. The molecule has 1 atom stereocenters.